The normalized spacial score (nSPS) is 16.2. The van der Waals surface area contributed by atoms with Gasteiger partial charge in [-0.1, -0.05) is 0 Å². The Bertz CT molecular complexity index is 688. The summed E-state index contributed by atoms with van der Waals surface area (Å²) in [6.45, 7) is 2.27. The summed E-state index contributed by atoms with van der Waals surface area (Å²) in [5.74, 6) is -1.30. The van der Waals surface area contributed by atoms with E-state index in [1.165, 1.54) is 0 Å². The van der Waals surface area contributed by atoms with Crippen LogP contribution in [0.25, 0.3) is 10.9 Å². The number of aromatic amines is 1. The molecule has 2 heterocycles. The number of benzene rings is 1. The molecule has 0 bridgehead atoms. The van der Waals surface area contributed by atoms with Gasteiger partial charge in [-0.25, -0.2) is 4.39 Å². The molecule has 0 aliphatic carbocycles. The van der Waals surface area contributed by atoms with E-state index in [0.29, 0.717) is 21.6 Å². The van der Waals surface area contributed by atoms with E-state index in [1.807, 2.05) is 45.5 Å². The molecule has 3 rings (SSSR count). The summed E-state index contributed by atoms with van der Waals surface area (Å²) < 4.78 is 37.5. The van der Waals surface area contributed by atoms with Gasteiger partial charge in [0.2, 0.25) is 5.82 Å². The lowest BCUT2D eigenvalue weighted by atomic mass is 9.99. The Hall–Kier alpha value is -0.430. The first kappa shape index (κ1) is 16.4. The number of fused-ring (bicyclic) bond motifs is 1. The van der Waals surface area contributed by atoms with Gasteiger partial charge in [0.1, 0.15) is 0 Å². The van der Waals surface area contributed by atoms with Crippen molar-refractivity contribution in [3.05, 3.63) is 15.2 Å². The molecule has 5 nitrogen and oxygen atoms in total. The molecule has 1 aromatic heterocycles. The highest BCUT2D eigenvalue weighted by atomic mass is 127. The van der Waals surface area contributed by atoms with Gasteiger partial charge in [-0.3, -0.25) is 5.10 Å². The lowest BCUT2D eigenvalue weighted by molar-refractivity contribution is 0.205. The second-order valence-electron chi connectivity index (χ2n) is 5.19. The van der Waals surface area contributed by atoms with Gasteiger partial charge in [-0.2, -0.15) is 9.49 Å². The maximum atomic E-state index is 14.4. The van der Waals surface area contributed by atoms with Gasteiger partial charge in [0, 0.05) is 0 Å². The number of nitrogens with one attached hydrogen (secondary N) is 3. The van der Waals surface area contributed by atoms with Crippen molar-refractivity contribution in [1.29, 1.82) is 0 Å². The van der Waals surface area contributed by atoms with Gasteiger partial charge in [-0.15, -0.1) is 0 Å². The summed E-state index contributed by atoms with van der Waals surface area (Å²) in [5.41, 5.74) is 0.443. The Morgan fingerprint density at radius 2 is 2.00 bits per heavy atom. The zero-order chi connectivity index (χ0) is 15.7. The number of anilines is 1. The zero-order valence-electron chi connectivity index (χ0n) is 11.5. The van der Waals surface area contributed by atoms with E-state index in [9.17, 15) is 8.78 Å². The number of ether oxygens (including phenoxy) is 1. The number of piperidine rings is 1. The highest BCUT2D eigenvalue weighted by molar-refractivity contribution is 14.1. The summed E-state index contributed by atoms with van der Waals surface area (Å²) in [5, 5.41) is 10.1. The van der Waals surface area contributed by atoms with E-state index in [4.69, 9.17) is 4.74 Å². The van der Waals surface area contributed by atoms with Crippen molar-refractivity contribution in [2.24, 2.45) is 5.92 Å². The third-order valence-electron chi connectivity index (χ3n) is 3.81. The van der Waals surface area contributed by atoms with Crippen LogP contribution >= 0.6 is 45.5 Å². The maximum absolute atomic E-state index is 14.4. The topological polar surface area (TPSA) is 62.0 Å². The standard InChI is InChI=1S/C13H14F2I2N4O/c14-8-7-11(20-21-13(7)19-17)10(16)12(9(8)15)22-5-6-1-3-18-4-2-6/h6,18H,1-5H2,(H2,19,20,21). The van der Waals surface area contributed by atoms with E-state index >= 15 is 0 Å². The van der Waals surface area contributed by atoms with Crippen LogP contribution in [0.15, 0.2) is 0 Å². The van der Waals surface area contributed by atoms with Crippen LogP contribution in [0.2, 0.25) is 0 Å². The average molecular weight is 534 g/mol. The fourth-order valence-corrected chi connectivity index (χ4v) is 3.75. The third kappa shape index (κ3) is 2.98. The average Bonchev–Trinajstić information content (AvgIpc) is 2.98. The van der Waals surface area contributed by atoms with Crippen LogP contribution in [0.3, 0.4) is 0 Å². The molecule has 2 aromatic rings. The molecule has 1 saturated heterocycles. The molecule has 1 aliphatic heterocycles. The number of H-pyrrole nitrogens is 1. The number of aromatic nitrogens is 2. The fourth-order valence-electron chi connectivity index (χ4n) is 2.58. The highest BCUT2D eigenvalue weighted by Gasteiger charge is 2.25. The first-order valence-electron chi connectivity index (χ1n) is 6.88. The van der Waals surface area contributed by atoms with Crippen molar-refractivity contribution >= 4 is 62.2 Å². The predicted molar refractivity (Wildman–Crippen MR) is 97.5 cm³/mol. The van der Waals surface area contributed by atoms with Crippen LogP contribution in [-0.2, 0) is 0 Å². The smallest absolute Gasteiger partial charge is 0.202 e. The Labute approximate surface area is 153 Å². The van der Waals surface area contributed by atoms with E-state index in [0.717, 1.165) is 25.9 Å². The SMILES string of the molecule is Fc1c(OCC2CCNCC2)c(I)c2[nH]nc(NI)c2c1F. The predicted octanol–water partition coefficient (Wildman–Crippen LogP) is 3.59. The van der Waals surface area contributed by atoms with Gasteiger partial charge < -0.3 is 13.6 Å². The van der Waals surface area contributed by atoms with Gasteiger partial charge in [0.15, 0.2) is 17.4 Å². The molecule has 0 atom stereocenters. The highest BCUT2D eigenvalue weighted by Crippen LogP contribution is 2.37. The van der Waals surface area contributed by atoms with Crippen LogP contribution in [-0.4, -0.2) is 29.9 Å². The quantitative estimate of drug-likeness (QED) is 0.319. The van der Waals surface area contributed by atoms with Gasteiger partial charge in [0.25, 0.3) is 0 Å². The molecular formula is C13H14F2I2N4O. The molecular weight excluding hydrogens is 520 g/mol. The summed E-state index contributed by atoms with van der Waals surface area (Å²) in [6.07, 6.45) is 1.96. The molecule has 1 fully saturated rings. The number of hydrogen-bond donors (Lipinski definition) is 3. The fraction of sp³-hybridized carbons (Fsp3) is 0.462. The van der Waals surface area contributed by atoms with Crippen LogP contribution in [0, 0.1) is 21.1 Å². The monoisotopic (exact) mass is 534 g/mol. The van der Waals surface area contributed by atoms with E-state index in [1.54, 1.807) is 0 Å². The molecule has 0 amide bonds. The van der Waals surface area contributed by atoms with Crippen LogP contribution in [0.1, 0.15) is 12.8 Å². The van der Waals surface area contributed by atoms with Crippen LogP contribution in [0.4, 0.5) is 14.6 Å². The zero-order valence-corrected chi connectivity index (χ0v) is 15.8. The van der Waals surface area contributed by atoms with Gasteiger partial charge in [0.05, 0.1) is 43.9 Å². The summed E-state index contributed by atoms with van der Waals surface area (Å²) >= 11 is 3.79. The van der Waals surface area contributed by atoms with Crippen molar-refractivity contribution < 1.29 is 13.5 Å². The number of nitrogens with zero attached hydrogens (tertiary/aromatic N) is 1. The van der Waals surface area contributed by atoms with Gasteiger partial charge in [-0.05, 0) is 54.4 Å². The molecule has 120 valence electrons. The first-order valence-corrected chi connectivity index (χ1v) is 9.04. The Balaban J connectivity index is 1.92. The van der Waals surface area contributed by atoms with Crippen molar-refractivity contribution in [2.75, 3.05) is 23.2 Å². The van der Waals surface area contributed by atoms with Crippen molar-refractivity contribution in [3.63, 3.8) is 0 Å². The van der Waals surface area contributed by atoms with E-state index < -0.39 is 11.6 Å². The molecule has 1 aliphatic rings. The molecule has 0 radical (unpaired) electrons. The molecule has 9 heteroatoms. The molecule has 22 heavy (non-hydrogen) atoms. The minimum atomic E-state index is -0.958. The molecule has 0 saturated carbocycles. The molecule has 0 unspecified atom stereocenters. The lowest BCUT2D eigenvalue weighted by Crippen LogP contribution is -2.30. The molecule has 1 aromatic carbocycles. The summed E-state index contributed by atoms with van der Waals surface area (Å²) in [4.78, 5) is 0. The maximum Gasteiger partial charge on any atom is 0.202 e. The summed E-state index contributed by atoms with van der Waals surface area (Å²) in [7, 11) is 0. The number of hydrogen-bond acceptors (Lipinski definition) is 4. The minimum absolute atomic E-state index is 0.0345. The van der Waals surface area contributed by atoms with Crippen LogP contribution < -0.4 is 13.6 Å². The Morgan fingerprint density at radius 1 is 1.27 bits per heavy atom. The van der Waals surface area contributed by atoms with Crippen molar-refractivity contribution in [2.45, 2.75) is 12.8 Å². The van der Waals surface area contributed by atoms with Crippen molar-refractivity contribution in [3.8, 4) is 5.75 Å². The Kier molecular flexibility index (Phi) is 5.22. The second kappa shape index (κ2) is 6.99. The first-order chi connectivity index (χ1) is 10.6. The third-order valence-corrected chi connectivity index (χ3v) is 5.35. The summed E-state index contributed by atoms with van der Waals surface area (Å²) in [6, 6.07) is 0. The lowest BCUT2D eigenvalue weighted by Gasteiger charge is -2.23. The molecule has 3 N–H and O–H groups in total. The largest absolute Gasteiger partial charge is 0.489 e. The molecule has 0 spiro atoms. The van der Waals surface area contributed by atoms with Crippen LogP contribution in [0.5, 0.6) is 5.75 Å². The van der Waals surface area contributed by atoms with Gasteiger partial charge >= 0.3 is 0 Å². The minimum Gasteiger partial charge on any atom is -0.489 e. The van der Waals surface area contributed by atoms with E-state index in [2.05, 4.69) is 19.0 Å². The van der Waals surface area contributed by atoms with E-state index in [-0.39, 0.29) is 17.0 Å². The van der Waals surface area contributed by atoms with Crippen molar-refractivity contribution in [1.82, 2.24) is 15.5 Å². The number of halogens is 4. The Morgan fingerprint density at radius 3 is 2.68 bits per heavy atom. The second-order valence-corrected chi connectivity index (χ2v) is 6.81. The number of rotatable bonds is 4.